The Labute approximate surface area is 206 Å². The molecule has 4 rings (SSSR count). The second kappa shape index (κ2) is 10.7. The van der Waals surface area contributed by atoms with Gasteiger partial charge in [0, 0.05) is 36.5 Å². The van der Waals surface area contributed by atoms with Gasteiger partial charge in [-0.05, 0) is 36.4 Å². The predicted octanol–water partition coefficient (Wildman–Crippen LogP) is 2.61. The van der Waals surface area contributed by atoms with E-state index in [1.807, 2.05) is 22.1 Å². The van der Waals surface area contributed by atoms with E-state index in [0.717, 1.165) is 22.6 Å². The summed E-state index contributed by atoms with van der Waals surface area (Å²) in [6.45, 7) is 4.18. The van der Waals surface area contributed by atoms with Crippen molar-refractivity contribution in [3.63, 3.8) is 0 Å². The smallest absolute Gasteiger partial charge is 0.240 e. The molecule has 0 radical (unpaired) electrons. The first-order valence-corrected chi connectivity index (χ1v) is 12.9. The van der Waals surface area contributed by atoms with E-state index in [0.29, 0.717) is 17.8 Å². The van der Waals surface area contributed by atoms with Crippen molar-refractivity contribution in [2.45, 2.75) is 11.2 Å². The number of allylic oxidation sites excluding steroid dienone is 5. The quantitative estimate of drug-likeness (QED) is 0.160. The van der Waals surface area contributed by atoms with Crippen LogP contribution in [0.2, 0.25) is 0 Å². The molecular weight excluding hydrogens is 488 g/mol. The van der Waals surface area contributed by atoms with E-state index >= 15 is 0 Å². The van der Waals surface area contributed by atoms with Gasteiger partial charge in [0.15, 0.2) is 11.3 Å². The van der Waals surface area contributed by atoms with Crippen LogP contribution in [0.25, 0.3) is 16.2 Å². The number of hydrogen-bond donors (Lipinski definition) is 5. The number of aromatic hydroxyl groups is 1. The number of hydrogen-bond acceptors (Lipinski definition) is 9. The fraction of sp³-hybridized carbons (Fsp3) is 0.130. The molecule has 182 valence electrons. The topological polar surface area (TPSA) is 140 Å². The number of thiazole rings is 1. The Morgan fingerprint density at radius 1 is 1.29 bits per heavy atom. The molecule has 0 fully saturated rings. The zero-order valence-electron chi connectivity index (χ0n) is 18.5. The molecule has 2 aromatic heterocycles. The molecule has 3 heterocycles. The number of imidazole rings is 1. The molecule has 12 heteroatoms. The molecule has 1 atom stereocenters. The van der Waals surface area contributed by atoms with Gasteiger partial charge in [-0.3, -0.25) is 14.7 Å². The molecule has 0 spiro atoms. The van der Waals surface area contributed by atoms with Crippen molar-refractivity contribution in [2.24, 2.45) is 4.99 Å². The Morgan fingerprint density at radius 2 is 2.09 bits per heavy atom. The summed E-state index contributed by atoms with van der Waals surface area (Å²) >= 11 is 1.49. The summed E-state index contributed by atoms with van der Waals surface area (Å²) in [5.74, 6) is -0.00346. The van der Waals surface area contributed by atoms with Gasteiger partial charge in [0.25, 0.3) is 0 Å². The highest BCUT2D eigenvalue weighted by molar-refractivity contribution is 7.89. The van der Waals surface area contributed by atoms with Gasteiger partial charge in [-0.1, -0.05) is 18.7 Å². The standard InChI is InChI=1S/C23H24N6O4S2/c1-2-3-16(9-14-30)20-21(29-13-15-34-23(29)28-20)19-8-10-24-22(27-19)25-11-12-26-35(32,33)18-6-4-17(31)5-7-18/h2-10,13-15,22,25-27,30-31H,1,11-12H2/b14-9+,16-3+. The number of aliphatic imine (C=N–C) groups is 1. The summed E-state index contributed by atoms with van der Waals surface area (Å²) in [4.78, 5) is 9.94. The SMILES string of the molecule is C=C/C=C(\C=C\O)c1nc2sccn2c1C1=CC=NC(NCCNS(=O)(=O)c2ccc(O)cc2)N1. The average molecular weight is 513 g/mol. The predicted molar refractivity (Wildman–Crippen MR) is 138 cm³/mol. The highest BCUT2D eigenvalue weighted by Crippen LogP contribution is 2.29. The Morgan fingerprint density at radius 3 is 2.83 bits per heavy atom. The zero-order valence-corrected chi connectivity index (χ0v) is 20.1. The van der Waals surface area contributed by atoms with Crippen molar-refractivity contribution < 1.29 is 18.6 Å². The van der Waals surface area contributed by atoms with Gasteiger partial charge in [0.05, 0.1) is 28.2 Å². The van der Waals surface area contributed by atoms with Gasteiger partial charge in [-0.15, -0.1) is 11.3 Å². The van der Waals surface area contributed by atoms with Crippen LogP contribution in [-0.4, -0.2) is 53.6 Å². The molecule has 10 nitrogen and oxygen atoms in total. The fourth-order valence-electron chi connectivity index (χ4n) is 3.46. The van der Waals surface area contributed by atoms with Crippen LogP contribution in [0.3, 0.4) is 0 Å². The largest absolute Gasteiger partial charge is 0.516 e. The summed E-state index contributed by atoms with van der Waals surface area (Å²) < 4.78 is 29.2. The van der Waals surface area contributed by atoms with Crippen LogP contribution >= 0.6 is 11.3 Å². The summed E-state index contributed by atoms with van der Waals surface area (Å²) in [6.07, 6.45) is 10.8. The van der Waals surface area contributed by atoms with Crippen molar-refractivity contribution in [1.29, 1.82) is 0 Å². The number of sulfonamides is 1. The molecule has 3 aromatic rings. The van der Waals surface area contributed by atoms with Gasteiger partial charge in [-0.25, -0.2) is 18.1 Å². The monoisotopic (exact) mass is 512 g/mol. The molecule has 0 aliphatic carbocycles. The lowest BCUT2D eigenvalue weighted by Crippen LogP contribution is -2.44. The number of benzene rings is 1. The maximum atomic E-state index is 12.4. The maximum Gasteiger partial charge on any atom is 0.240 e. The molecule has 0 saturated heterocycles. The Hall–Kier alpha value is -3.71. The summed E-state index contributed by atoms with van der Waals surface area (Å²) in [5.41, 5.74) is 2.89. The second-order valence-electron chi connectivity index (χ2n) is 7.31. The third kappa shape index (κ3) is 5.52. The van der Waals surface area contributed by atoms with Crippen LogP contribution in [-0.2, 0) is 10.0 Å². The van der Waals surface area contributed by atoms with Crippen LogP contribution in [0.5, 0.6) is 5.75 Å². The van der Waals surface area contributed by atoms with Crippen LogP contribution in [0, 0.1) is 0 Å². The molecular formula is C23H24N6O4S2. The molecule has 1 aliphatic rings. The third-order valence-electron chi connectivity index (χ3n) is 5.01. The second-order valence-corrected chi connectivity index (χ2v) is 9.95. The Balaban J connectivity index is 1.44. The minimum Gasteiger partial charge on any atom is -0.516 e. The highest BCUT2D eigenvalue weighted by atomic mass is 32.2. The number of phenolic OH excluding ortho intramolecular Hbond substituents is 1. The van der Waals surface area contributed by atoms with Gasteiger partial charge >= 0.3 is 0 Å². The lowest BCUT2D eigenvalue weighted by molar-refractivity contribution is 0.473. The number of fused-ring (bicyclic) bond motifs is 1. The van der Waals surface area contributed by atoms with Gasteiger partial charge in [-0.2, -0.15) is 0 Å². The van der Waals surface area contributed by atoms with E-state index in [1.54, 1.807) is 24.4 Å². The number of phenols is 1. The van der Waals surface area contributed by atoms with Gasteiger partial charge < -0.3 is 15.5 Å². The lowest BCUT2D eigenvalue weighted by atomic mass is 10.1. The van der Waals surface area contributed by atoms with E-state index in [9.17, 15) is 18.6 Å². The van der Waals surface area contributed by atoms with Crippen molar-refractivity contribution in [1.82, 2.24) is 24.7 Å². The minimum absolute atomic E-state index is 0.00346. The third-order valence-corrected chi connectivity index (χ3v) is 7.25. The van der Waals surface area contributed by atoms with Crippen molar-refractivity contribution in [3.8, 4) is 5.75 Å². The average Bonchev–Trinajstić information content (AvgIpc) is 3.44. The summed E-state index contributed by atoms with van der Waals surface area (Å²) in [5, 5.41) is 27.1. The number of aliphatic hydroxyl groups is 1. The molecule has 1 unspecified atom stereocenters. The minimum atomic E-state index is -3.69. The van der Waals surface area contributed by atoms with Crippen LogP contribution in [0.15, 0.2) is 82.9 Å². The Bertz CT molecular complexity index is 1430. The van der Waals surface area contributed by atoms with Crippen molar-refractivity contribution >= 4 is 43.8 Å². The molecule has 0 amide bonds. The number of aliphatic hydroxyl groups excluding tert-OH is 1. The lowest BCUT2D eigenvalue weighted by Gasteiger charge is -2.22. The number of nitrogens with one attached hydrogen (secondary N) is 3. The van der Waals surface area contributed by atoms with Gasteiger partial charge in [0.1, 0.15) is 5.75 Å². The normalized spacial score (nSPS) is 16.5. The first-order chi connectivity index (χ1) is 16.9. The van der Waals surface area contributed by atoms with E-state index in [2.05, 4.69) is 26.9 Å². The Kier molecular flexibility index (Phi) is 7.46. The van der Waals surface area contributed by atoms with E-state index in [1.165, 1.54) is 35.6 Å². The van der Waals surface area contributed by atoms with Gasteiger partial charge in [0.2, 0.25) is 10.0 Å². The first-order valence-electron chi connectivity index (χ1n) is 10.5. The number of aromatic nitrogens is 2. The van der Waals surface area contributed by atoms with Crippen molar-refractivity contribution in [2.75, 3.05) is 13.1 Å². The number of rotatable bonds is 10. The first kappa shape index (κ1) is 24.4. The van der Waals surface area contributed by atoms with Crippen molar-refractivity contribution in [3.05, 3.63) is 84.4 Å². The van der Waals surface area contributed by atoms with Crippen LogP contribution < -0.4 is 15.4 Å². The van der Waals surface area contributed by atoms with E-state index < -0.39 is 16.3 Å². The fourth-order valence-corrected chi connectivity index (χ4v) is 5.20. The van der Waals surface area contributed by atoms with E-state index in [4.69, 9.17) is 4.98 Å². The highest BCUT2D eigenvalue weighted by Gasteiger charge is 2.22. The summed E-state index contributed by atoms with van der Waals surface area (Å²) in [6, 6.07) is 5.32. The van der Waals surface area contributed by atoms with Crippen LogP contribution in [0.1, 0.15) is 11.4 Å². The zero-order chi connectivity index (χ0) is 24.8. The molecule has 0 saturated carbocycles. The molecule has 1 aromatic carbocycles. The van der Waals surface area contributed by atoms with Crippen LogP contribution in [0.4, 0.5) is 0 Å². The molecule has 5 N–H and O–H groups in total. The maximum absolute atomic E-state index is 12.4. The molecule has 35 heavy (non-hydrogen) atoms. The molecule has 0 bridgehead atoms. The number of nitrogens with zero attached hydrogens (tertiary/aromatic N) is 3. The summed E-state index contributed by atoms with van der Waals surface area (Å²) in [7, 11) is -3.69. The van der Waals surface area contributed by atoms with E-state index in [-0.39, 0.29) is 17.2 Å². The molecule has 1 aliphatic heterocycles.